The maximum Gasteiger partial charge on any atom is 0.410 e. The molecule has 0 saturated carbocycles. The summed E-state index contributed by atoms with van der Waals surface area (Å²) < 4.78 is 61.6. The Morgan fingerprint density at radius 3 is 1.68 bits per heavy atom. The molecule has 2 N–H and O–H groups in total. The molecular formula is C47H52Cl2F2N8O7. The number of nitrogens with one attached hydrogen (secondary N) is 2. The molecule has 1 amide bonds. The highest BCUT2D eigenvalue weighted by molar-refractivity contribution is 6.31. The van der Waals surface area contributed by atoms with Crippen LogP contribution in [0.3, 0.4) is 0 Å². The number of amides is 1. The molecule has 2 aliphatic heterocycles. The Balaban J connectivity index is 0.000000197. The molecule has 2 aromatic heterocycles. The summed E-state index contributed by atoms with van der Waals surface area (Å²) in [6.45, 7) is 7.59. The molecule has 6 aromatic rings. The fraction of sp³-hybridized carbons (Fsp3) is 0.383. The van der Waals surface area contributed by atoms with Crippen LogP contribution in [0.15, 0.2) is 73.3 Å². The number of ether oxygens (including phenoxy) is 6. The Morgan fingerprint density at radius 1 is 0.697 bits per heavy atom. The van der Waals surface area contributed by atoms with Crippen LogP contribution in [0.25, 0.3) is 21.8 Å². The van der Waals surface area contributed by atoms with Crippen molar-refractivity contribution in [3.05, 3.63) is 95.0 Å². The van der Waals surface area contributed by atoms with Crippen molar-refractivity contribution >= 4 is 74.1 Å². The molecule has 0 radical (unpaired) electrons. The first-order chi connectivity index (χ1) is 31.9. The molecule has 2 fully saturated rings. The van der Waals surface area contributed by atoms with Crippen LogP contribution in [-0.4, -0.2) is 115 Å². The van der Waals surface area contributed by atoms with E-state index >= 15 is 0 Å². The van der Waals surface area contributed by atoms with E-state index in [2.05, 4.69) is 42.5 Å². The summed E-state index contributed by atoms with van der Waals surface area (Å²) in [4.78, 5) is 33.6. The number of hydrogen-bond acceptors (Lipinski definition) is 14. The topological polar surface area (TPSA) is 155 Å². The summed E-state index contributed by atoms with van der Waals surface area (Å²) in [6, 6.07) is 16.1. The molecular weight excluding hydrogens is 897 g/mol. The Hall–Kier alpha value is -6.01. The summed E-state index contributed by atoms with van der Waals surface area (Å²) in [6.07, 6.45) is 5.67. The highest BCUT2D eigenvalue weighted by Gasteiger charge is 2.27. The number of nitrogens with zero attached hydrogens (tertiary/aromatic N) is 6. The molecule has 2 aliphatic rings. The number of aromatic nitrogens is 4. The van der Waals surface area contributed by atoms with Crippen LogP contribution < -0.4 is 29.6 Å². The third-order valence-corrected chi connectivity index (χ3v) is 11.4. The SMILES string of the molecule is COCCOc1cc2ncnc(Nc3ccc(F)c(Cl)c3)c2cc1OC1CCN(C)CC1.COc1cc2ncnc(Nc3ccc(F)c(Cl)c3)c2cc1OC1CCN(C(=O)OC(C)C)CC1. The number of carbonyl (C=O) groups is 1. The average molecular weight is 950 g/mol. The van der Waals surface area contributed by atoms with Gasteiger partial charge in [-0.15, -0.1) is 0 Å². The number of likely N-dealkylation sites (tertiary alicyclic amines) is 2. The number of hydrogen-bond donors (Lipinski definition) is 2. The number of anilines is 4. The van der Waals surface area contributed by atoms with Gasteiger partial charge < -0.3 is 48.9 Å². The van der Waals surface area contributed by atoms with Crippen LogP contribution in [0.2, 0.25) is 10.0 Å². The van der Waals surface area contributed by atoms with E-state index in [0.29, 0.717) is 102 Å². The predicted molar refractivity (Wildman–Crippen MR) is 250 cm³/mol. The van der Waals surface area contributed by atoms with Gasteiger partial charge in [0.25, 0.3) is 0 Å². The summed E-state index contributed by atoms with van der Waals surface area (Å²) in [5.74, 6) is 2.46. The molecule has 66 heavy (non-hydrogen) atoms. The van der Waals surface area contributed by atoms with Gasteiger partial charge in [-0.25, -0.2) is 33.5 Å². The van der Waals surface area contributed by atoms with Crippen molar-refractivity contribution in [2.45, 2.75) is 57.8 Å². The van der Waals surface area contributed by atoms with E-state index in [4.69, 9.17) is 51.6 Å². The number of fused-ring (bicyclic) bond motifs is 2. The van der Waals surface area contributed by atoms with Gasteiger partial charge >= 0.3 is 6.09 Å². The molecule has 8 rings (SSSR count). The van der Waals surface area contributed by atoms with Gasteiger partial charge in [-0.2, -0.15) is 0 Å². The van der Waals surface area contributed by atoms with Crippen molar-refractivity contribution in [1.29, 1.82) is 0 Å². The first-order valence-corrected chi connectivity index (χ1v) is 22.3. The van der Waals surface area contributed by atoms with Gasteiger partial charge in [0.2, 0.25) is 0 Å². The molecule has 350 valence electrons. The smallest absolute Gasteiger partial charge is 0.410 e. The maximum absolute atomic E-state index is 13.5. The first-order valence-electron chi connectivity index (χ1n) is 21.5. The molecule has 4 heterocycles. The van der Waals surface area contributed by atoms with Gasteiger partial charge in [0, 0.05) is 80.4 Å². The van der Waals surface area contributed by atoms with Gasteiger partial charge in [-0.05, 0) is 82.3 Å². The second-order valence-corrected chi connectivity index (χ2v) is 16.8. The van der Waals surface area contributed by atoms with Crippen LogP contribution in [0.1, 0.15) is 39.5 Å². The monoisotopic (exact) mass is 948 g/mol. The minimum absolute atomic E-state index is 0.0117. The minimum Gasteiger partial charge on any atom is -0.493 e. The highest BCUT2D eigenvalue weighted by Crippen LogP contribution is 2.38. The molecule has 19 heteroatoms. The summed E-state index contributed by atoms with van der Waals surface area (Å²) >= 11 is 11.8. The highest BCUT2D eigenvalue weighted by atomic mass is 35.5. The second kappa shape index (κ2) is 22.5. The lowest BCUT2D eigenvalue weighted by Crippen LogP contribution is -2.42. The molecule has 0 spiro atoms. The number of halogens is 4. The van der Waals surface area contributed by atoms with Gasteiger partial charge in [-0.1, -0.05) is 23.2 Å². The molecule has 0 unspecified atom stereocenters. The zero-order chi connectivity index (χ0) is 46.7. The molecule has 4 aromatic carbocycles. The van der Waals surface area contributed by atoms with E-state index in [1.165, 1.54) is 36.9 Å². The number of methoxy groups -OCH3 is 2. The third kappa shape index (κ3) is 12.5. The van der Waals surface area contributed by atoms with E-state index in [-0.39, 0.29) is 34.5 Å². The lowest BCUT2D eigenvalue weighted by atomic mass is 10.1. The van der Waals surface area contributed by atoms with Gasteiger partial charge in [0.05, 0.1) is 40.9 Å². The minimum atomic E-state index is -0.497. The predicted octanol–water partition coefficient (Wildman–Crippen LogP) is 10.2. The van der Waals surface area contributed by atoms with Crippen LogP contribution in [-0.2, 0) is 9.47 Å². The van der Waals surface area contributed by atoms with Crippen molar-refractivity contribution < 1.29 is 42.0 Å². The fourth-order valence-electron chi connectivity index (χ4n) is 7.33. The summed E-state index contributed by atoms with van der Waals surface area (Å²) in [5.41, 5.74) is 2.56. The largest absolute Gasteiger partial charge is 0.493 e. The number of rotatable bonds is 14. The van der Waals surface area contributed by atoms with E-state index < -0.39 is 11.6 Å². The quantitative estimate of drug-likeness (QED) is 0.0995. The molecule has 15 nitrogen and oxygen atoms in total. The second-order valence-electron chi connectivity index (χ2n) is 16.0. The third-order valence-electron chi connectivity index (χ3n) is 10.8. The van der Waals surface area contributed by atoms with Crippen molar-refractivity contribution in [1.82, 2.24) is 29.7 Å². The lowest BCUT2D eigenvalue weighted by Gasteiger charge is -2.32. The first kappa shape index (κ1) is 47.9. The summed E-state index contributed by atoms with van der Waals surface area (Å²) in [7, 11) is 5.31. The number of piperidine rings is 2. The molecule has 0 atom stereocenters. The van der Waals surface area contributed by atoms with Gasteiger partial charge in [0.15, 0.2) is 23.0 Å². The van der Waals surface area contributed by atoms with Crippen LogP contribution in [0, 0.1) is 11.6 Å². The van der Waals surface area contributed by atoms with Crippen molar-refractivity contribution in [2.75, 3.05) is 71.3 Å². The summed E-state index contributed by atoms with van der Waals surface area (Å²) in [5, 5.41) is 7.87. The Kier molecular flexibility index (Phi) is 16.3. The standard InChI is InChI=1S/C24H26ClFN4O4.C23H26ClFN4O3/c1-14(2)33-24(31)30-8-6-16(7-9-30)34-22-11-17-20(12-21(22)32-3)27-13-28-23(17)29-15-4-5-19(26)18(25)10-15;1-29-7-5-16(6-8-29)32-22-12-17-20(13-21(22)31-10-9-30-2)26-14-27-23(17)28-15-3-4-19(25)18(24)11-15/h4-5,10-14,16H,6-9H2,1-3H3,(H,27,28,29);3-4,11-14,16H,5-10H2,1-2H3,(H,26,27,28). The zero-order valence-corrected chi connectivity index (χ0v) is 38.8. The van der Waals surface area contributed by atoms with Crippen molar-refractivity contribution in [3.63, 3.8) is 0 Å². The van der Waals surface area contributed by atoms with Gasteiger partial charge in [-0.3, -0.25) is 0 Å². The van der Waals surface area contributed by atoms with Crippen LogP contribution in [0.5, 0.6) is 23.0 Å². The zero-order valence-electron chi connectivity index (χ0n) is 37.3. The fourth-order valence-corrected chi connectivity index (χ4v) is 7.70. The van der Waals surface area contributed by atoms with E-state index in [1.807, 2.05) is 32.0 Å². The van der Waals surface area contributed by atoms with Crippen LogP contribution >= 0.6 is 23.2 Å². The Labute approximate surface area is 391 Å². The van der Waals surface area contributed by atoms with E-state index in [9.17, 15) is 13.6 Å². The van der Waals surface area contributed by atoms with Gasteiger partial charge in [0.1, 0.15) is 54.7 Å². The van der Waals surface area contributed by atoms with E-state index in [0.717, 1.165) is 31.3 Å². The number of benzene rings is 4. The Bertz CT molecular complexity index is 2620. The Morgan fingerprint density at radius 2 is 1.20 bits per heavy atom. The maximum atomic E-state index is 13.5. The van der Waals surface area contributed by atoms with Crippen molar-refractivity contribution in [2.24, 2.45) is 0 Å². The normalized spacial score (nSPS) is 14.7. The lowest BCUT2D eigenvalue weighted by molar-refractivity contribution is 0.0511. The average Bonchev–Trinajstić information content (AvgIpc) is 3.30. The molecule has 0 bridgehead atoms. The van der Waals surface area contributed by atoms with E-state index in [1.54, 1.807) is 37.3 Å². The molecule has 2 saturated heterocycles. The number of carbonyl (C=O) groups excluding carboxylic acids is 1. The molecule has 0 aliphatic carbocycles. The van der Waals surface area contributed by atoms with Crippen molar-refractivity contribution in [3.8, 4) is 23.0 Å². The van der Waals surface area contributed by atoms with Crippen LogP contribution in [0.4, 0.5) is 36.6 Å².